The van der Waals surface area contributed by atoms with Gasteiger partial charge < -0.3 is 4.74 Å². The number of nitrogens with zero attached hydrogens (tertiary/aromatic N) is 4. The van der Waals surface area contributed by atoms with E-state index < -0.39 is 10.0 Å². The van der Waals surface area contributed by atoms with Crippen molar-refractivity contribution in [2.75, 3.05) is 20.3 Å². The van der Waals surface area contributed by atoms with E-state index in [0.717, 1.165) is 5.69 Å². The summed E-state index contributed by atoms with van der Waals surface area (Å²) in [6.45, 7) is 1.26. The molecular formula is C14H18N4O3S. The van der Waals surface area contributed by atoms with E-state index in [9.17, 15) is 8.42 Å². The molecule has 8 heteroatoms. The Bertz CT molecular complexity index is 730. The van der Waals surface area contributed by atoms with Crippen LogP contribution in [0.15, 0.2) is 41.7 Å². The smallest absolute Gasteiger partial charge is 0.245 e. The molecule has 3 heterocycles. The van der Waals surface area contributed by atoms with Crippen LogP contribution in [0.5, 0.6) is 0 Å². The van der Waals surface area contributed by atoms with Gasteiger partial charge in [0.15, 0.2) is 0 Å². The summed E-state index contributed by atoms with van der Waals surface area (Å²) in [5, 5.41) is 4.31. The summed E-state index contributed by atoms with van der Waals surface area (Å²) in [6.07, 6.45) is 5.36. The van der Waals surface area contributed by atoms with Gasteiger partial charge in [0, 0.05) is 38.9 Å². The number of fused-ring (bicyclic) bond motifs is 1. The monoisotopic (exact) mass is 322 g/mol. The molecule has 2 aromatic rings. The van der Waals surface area contributed by atoms with Gasteiger partial charge in [-0.05, 0) is 24.6 Å². The molecule has 0 spiro atoms. The predicted molar refractivity (Wildman–Crippen MR) is 79.6 cm³/mol. The summed E-state index contributed by atoms with van der Waals surface area (Å²) in [7, 11) is -1.92. The summed E-state index contributed by atoms with van der Waals surface area (Å²) in [4.78, 5) is 4.12. The molecule has 1 unspecified atom stereocenters. The number of sulfonamides is 1. The summed E-state index contributed by atoms with van der Waals surface area (Å²) >= 11 is 0. The second-order valence-corrected chi connectivity index (χ2v) is 7.13. The number of ether oxygens (including phenoxy) is 1. The number of pyridine rings is 1. The van der Waals surface area contributed by atoms with E-state index in [4.69, 9.17) is 4.74 Å². The molecule has 0 saturated carbocycles. The van der Waals surface area contributed by atoms with Crippen molar-refractivity contribution in [3.63, 3.8) is 0 Å². The highest BCUT2D eigenvalue weighted by Gasteiger charge is 2.33. The van der Waals surface area contributed by atoms with Crippen molar-refractivity contribution in [2.45, 2.75) is 23.9 Å². The van der Waals surface area contributed by atoms with Crippen molar-refractivity contribution in [3.8, 4) is 0 Å². The molecule has 0 aromatic carbocycles. The molecular weight excluding hydrogens is 304 g/mol. The first-order valence-electron chi connectivity index (χ1n) is 7.04. The molecule has 0 amide bonds. The van der Waals surface area contributed by atoms with Crippen LogP contribution in [0, 0.1) is 0 Å². The standard InChI is InChI=1S/C14H18N4O3S/c1-21-8-5-13-11-17(10-12-4-7-16-18(12)13)22(19,20)14-3-2-6-15-9-14/h2-4,6-7,9,13H,5,8,10-11H2,1H3. The number of hydrogen-bond donors (Lipinski definition) is 0. The molecule has 3 rings (SSSR count). The lowest BCUT2D eigenvalue weighted by Crippen LogP contribution is -2.41. The van der Waals surface area contributed by atoms with Gasteiger partial charge in [-0.25, -0.2) is 8.42 Å². The Morgan fingerprint density at radius 3 is 2.95 bits per heavy atom. The zero-order valence-electron chi connectivity index (χ0n) is 12.3. The first-order chi connectivity index (χ1) is 10.6. The Hall–Kier alpha value is -1.77. The first-order valence-corrected chi connectivity index (χ1v) is 8.48. The highest BCUT2D eigenvalue weighted by Crippen LogP contribution is 2.27. The molecule has 0 saturated heterocycles. The fourth-order valence-corrected chi connectivity index (χ4v) is 4.07. The third-order valence-electron chi connectivity index (χ3n) is 3.78. The first kappa shape index (κ1) is 15.1. The minimum Gasteiger partial charge on any atom is -0.385 e. The van der Waals surface area contributed by atoms with Gasteiger partial charge in [-0.1, -0.05) is 0 Å². The van der Waals surface area contributed by atoms with Crippen LogP contribution < -0.4 is 0 Å². The normalized spacial score (nSPS) is 19.0. The van der Waals surface area contributed by atoms with Crippen LogP contribution in [0.2, 0.25) is 0 Å². The quantitative estimate of drug-likeness (QED) is 0.822. The van der Waals surface area contributed by atoms with Crippen LogP contribution in [0.25, 0.3) is 0 Å². The van der Waals surface area contributed by atoms with E-state index in [-0.39, 0.29) is 10.9 Å². The minimum atomic E-state index is -3.55. The maximum atomic E-state index is 12.8. The van der Waals surface area contributed by atoms with Crippen molar-refractivity contribution >= 4 is 10.0 Å². The number of aromatic nitrogens is 3. The molecule has 1 aliphatic heterocycles. The van der Waals surface area contributed by atoms with E-state index in [0.29, 0.717) is 26.1 Å². The fourth-order valence-electron chi connectivity index (χ4n) is 2.65. The molecule has 0 radical (unpaired) electrons. The van der Waals surface area contributed by atoms with Gasteiger partial charge in [-0.2, -0.15) is 9.40 Å². The molecule has 7 nitrogen and oxygen atoms in total. The van der Waals surface area contributed by atoms with E-state index in [1.54, 1.807) is 31.6 Å². The van der Waals surface area contributed by atoms with Crippen LogP contribution >= 0.6 is 0 Å². The molecule has 0 aliphatic carbocycles. The molecule has 2 aromatic heterocycles. The van der Waals surface area contributed by atoms with E-state index in [1.807, 2.05) is 10.7 Å². The summed E-state index contributed by atoms with van der Waals surface area (Å²) in [6, 6.07) is 5.03. The lowest BCUT2D eigenvalue weighted by Gasteiger charge is -2.33. The predicted octanol–water partition coefficient (Wildman–Crippen LogP) is 1.06. The van der Waals surface area contributed by atoms with E-state index >= 15 is 0 Å². The second-order valence-electron chi connectivity index (χ2n) is 5.19. The maximum Gasteiger partial charge on any atom is 0.245 e. The van der Waals surface area contributed by atoms with Crippen LogP contribution in [0.4, 0.5) is 0 Å². The zero-order chi connectivity index (χ0) is 15.6. The van der Waals surface area contributed by atoms with Gasteiger partial charge >= 0.3 is 0 Å². The van der Waals surface area contributed by atoms with Gasteiger partial charge in [0.2, 0.25) is 10.0 Å². The summed E-state index contributed by atoms with van der Waals surface area (Å²) in [5.41, 5.74) is 0.889. The highest BCUT2D eigenvalue weighted by molar-refractivity contribution is 7.89. The molecule has 1 aliphatic rings. The van der Waals surface area contributed by atoms with Gasteiger partial charge in [-0.3, -0.25) is 9.67 Å². The van der Waals surface area contributed by atoms with Crippen molar-refractivity contribution < 1.29 is 13.2 Å². The molecule has 0 fully saturated rings. The third kappa shape index (κ3) is 2.77. The van der Waals surface area contributed by atoms with Crippen molar-refractivity contribution in [3.05, 3.63) is 42.5 Å². The highest BCUT2D eigenvalue weighted by atomic mass is 32.2. The Kier molecular flexibility index (Phi) is 4.23. The number of hydrogen-bond acceptors (Lipinski definition) is 5. The van der Waals surface area contributed by atoms with Gasteiger partial charge in [0.05, 0.1) is 18.3 Å². The lowest BCUT2D eigenvalue weighted by atomic mass is 10.1. The SMILES string of the molecule is COCCC1CN(S(=O)(=O)c2cccnc2)Cc2ccnn21. The Labute approximate surface area is 129 Å². The van der Waals surface area contributed by atoms with Crippen molar-refractivity contribution in [1.29, 1.82) is 0 Å². The van der Waals surface area contributed by atoms with Crippen molar-refractivity contribution in [1.82, 2.24) is 19.1 Å². The fraction of sp³-hybridized carbons (Fsp3) is 0.429. The van der Waals surface area contributed by atoms with Crippen LogP contribution in [0.3, 0.4) is 0 Å². The molecule has 118 valence electrons. The largest absolute Gasteiger partial charge is 0.385 e. The van der Waals surface area contributed by atoms with E-state index in [2.05, 4.69) is 10.1 Å². The molecule has 1 atom stereocenters. The van der Waals surface area contributed by atoms with Crippen LogP contribution in [0.1, 0.15) is 18.2 Å². The van der Waals surface area contributed by atoms with E-state index in [1.165, 1.54) is 10.5 Å². The summed E-state index contributed by atoms with van der Waals surface area (Å²) in [5.74, 6) is 0. The Morgan fingerprint density at radius 2 is 2.23 bits per heavy atom. The number of rotatable bonds is 5. The van der Waals surface area contributed by atoms with Gasteiger partial charge in [0.25, 0.3) is 0 Å². The van der Waals surface area contributed by atoms with Crippen LogP contribution in [-0.4, -0.2) is 47.7 Å². The average molecular weight is 322 g/mol. The number of methoxy groups -OCH3 is 1. The third-order valence-corrected chi connectivity index (χ3v) is 5.57. The minimum absolute atomic E-state index is 0.0230. The Balaban J connectivity index is 1.90. The average Bonchev–Trinajstić information content (AvgIpc) is 3.02. The Morgan fingerprint density at radius 1 is 1.36 bits per heavy atom. The van der Waals surface area contributed by atoms with Gasteiger partial charge in [-0.15, -0.1) is 0 Å². The zero-order valence-corrected chi connectivity index (χ0v) is 13.1. The summed E-state index contributed by atoms with van der Waals surface area (Å²) < 4.78 is 34.0. The van der Waals surface area contributed by atoms with Crippen molar-refractivity contribution in [2.24, 2.45) is 0 Å². The molecule has 22 heavy (non-hydrogen) atoms. The molecule has 0 N–H and O–H groups in total. The van der Waals surface area contributed by atoms with Gasteiger partial charge in [0.1, 0.15) is 4.90 Å². The van der Waals surface area contributed by atoms with Crippen LogP contribution in [-0.2, 0) is 21.3 Å². The second kappa shape index (κ2) is 6.15. The topological polar surface area (TPSA) is 77.3 Å². The maximum absolute atomic E-state index is 12.8. The lowest BCUT2D eigenvalue weighted by molar-refractivity contribution is 0.157. The molecule has 0 bridgehead atoms.